The molecule has 2 aromatic rings. The van der Waals surface area contributed by atoms with E-state index in [1.165, 1.54) is 5.56 Å². The number of likely N-dealkylation sites (tertiary alicyclic amines) is 1. The zero-order valence-corrected chi connectivity index (χ0v) is 16.8. The standard InChI is InChI=1S/C23H30N4O2/c24-22(26-20-10-15-29-21-9-5-4-8-19(20)21)25-17-23(28)11-13-27(14-12-23)16-18-6-2-1-3-7-18/h1-9,20,28H,10-17H2,(H3,24,25,26). The van der Waals surface area contributed by atoms with Gasteiger partial charge in [-0.1, -0.05) is 48.5 Å². The van der Waals surface area contributed by atoms with Crippen LogP contribution in [-0.2, 0) is 6.54 Å². The molecule has 2 aliphatic rings. The third-order valence-electron chi connectivity index (χ3n) is 5.86. The second-order valence-electron chi connectivity index (χ2n) is 8.06. The summed E-state index contributed by atoms with van der Waals surface area (Å²) in [4.78, 5) is 6.85. The molecule has 2 aromatic carbocycles. The number of piperidine rings is 1. The summed E-state index contributed by atoms with van der Waals surface area (Å²) in [6.45, 7) is 3.63. The summed E-state index contributed by atoms with van der Waals surface area (Å²) < 4.78 is 5.69. The number of nitrogens with zero attached hydrogens (tertiary/aromatic N) is 2. The van der Waals surface area contributed by atoms with E-state index in [2.05, 4.69) is 45.5 Å². The van der Waals surface area contributed by atoms with Crippen molar-refractivity contribution in [3.05, 3.63) is 65.7 Å². The maximum Gasteiger partial charge on any atom is 0.189 e. The van der Waals surface area contributed by atoms with Gasteiger partial charge in [-0.25, -0.2) is 0 Å². The first kappa shape index (κ1) is 19.7. The number of rotatable bonds is 5. The van der Waals surface area contributed by atoms with Gasteiger partial charge in [0.05, 0.1) is 24.8 Å². The number of benzene rings is 2. The van der Waals surface area contributed by atoms with Crippen LogP contribution in [0.2, 0.25) is 0 Å². The second kappa shape index (κ2) is 8.84. The fourth-order valence-electron chi connectivity index (χ4n) is 4.08. The molecule has 0 radical (unpaired) electrons. The van der Waals surface area contributed by atoms with Crippen molar-refractivity contribution in [2.24, 2.45) is 10.7 Å². The van der Waals surface area contributed by atoms with E-state index in [-0.39, 0.29) is 6.04 Å². The summed E-state index contributed by atoms with van der Waals surface area (Å²) in [7, 11) is 0. The number of nitrogens with two attached hydrogens (primary N) is 1. The largest absolute Gasteiger partial charge is 0.493 e. The van der Waals surface area contributed by atoms with Crippen LogP contribution >= 0.6 is 0 Å². The van der Waals surface area contributed by atoms with Gasteiger partial charge in [0.25, 0.3) is 0 Å². The Hall–Kier alpha value is -2.57. The van der Waals surface area contributed by atoms with Crippen LogP contribution in [0.3, 0.4) is 0 Å². The lowest BCUT2D eigenvalue weighted by molar-refractivity contribution is -0.0149. The topological polar surface area (TPSA) is 83.1 Å². The molecule has 0 bridgehead atoms. The van der Waals surface area contributed by atoms with Crippen LogP contribution in [0.25, 0.3) is 0 Å². The SMILES string of the molecule is NC(=NCC1(O)CCN(Cc2ccccc2)CC1)NC1CCOc2ccccc21. The van der Waals surface area contributed by atoms with Crippen LogP contribution in [0, 0.1) is 0 Å². The zero-order chi connectivity index (χ0) is 20.1. The molecule has 1 atom stereocenters. The molecule has 0 amide bonds. The Balaban J connectivity index is 1.29. The number of aliphatic hydroxyl groups is 1. The van der Waals surface area contributed by atoms with Gasteiger partial charge in [-0.05, 0) is 24.5 Å². The smallest absolute Gasteiger partial charge is 0.189 e. The van der Waals surface area contributed by atoms with Crippen molar-refractivity contribution in [1.82, 2.24) is 10.2 Å². The van der Waals surface area contributed by atoms with Crippen molar-refractivity contribution in [1.29, 1.82) is 0 Å². The molecule has 6 heteroatoms. The highest BCUT2D eigenvalue weighted by atomic mass is 16.5. The molecule has 4 N–H and O–H groups in total. The maximum atomic E-state index is 10.9. The second-order valence-corrected chi connectivity index (χ2v) is 8.06. The van der Waals surface area contributed by atoms with Gasteiger partial charge < -0.3 is 20.9 Å². The first-order chi connectivity index (χ1) is 14.1. The Morgan fingerprint density at radius 1 is 1.14 bits per heavy atom. The number of ether oxygens (including phenoxy) is 1. The highest BCUT2D eigenvalue weighted by Gasteiger charge is 2.32. The molecule has 0 aromatic heterocycles. The molecule has 0 saturated carbocycles. The Bertz CT molecular complexity index is 832. The molecule has 29 heavy (non-hydrogen) atoms. The summed E-state index contributed by atoms with van der Waals surface area (Å²) in [5.41, 5.74) is 7.77. The summed E-state index contributed by atoms with van der Waals surface area (Å²) in [6, 6.07) is 18.5. The van der Waals surface area contributed by atoms with Gasteiger partial charge in [-0.2, -0.15) is 0 Å². The average molecular weight is 395 g/mol. The van der Waals surface area contributed by atoms with Gasteiger partial charge in [-0.15, -0.1) is 0 Å². The van der Waals surface area contributed by atoms with Crippen molar-refractivity contribution >= 4 is 5.96 Å². The predicted molar refractivity (Wildman–Crippen MR) is 115 cm³/mol. The normalized spacial score (nSPS) is 21.8. The summed E-state index contributed by atoms with van der Waals surface area (Å²) in [5.74, 6) is 1.28. The van der Waals surface area contributed by atoms with Gasteiger partial charge in [0.15, 0.2) is 5.96 Å². The van der Waals surface area contributed by atoms with E-state index in [9.17, 15) is 5.11 Å². The van der Waals surface area contributed by atoms with E-state index in [1.807, 2.05) is 24.3 Å². The molecule has 0 spiro atoms. The fraction of sp³-hybridized carbons (Fsp3) is 0.435. The molecular weight excluding hydrogens is 364 g/mol. The predicted octanol–water partition coefficient (Wildman–Crippen LogP) is 2.44. The lowest BCUT2D eigenvalue weighted by Gasteiger charge is -2.37. The van der Waals surface area contributed by atoms with E-state index >= 15 is 0 Å². The Morgan fingerprint density at radius 2 is 1.86 bits per heavy atom. The van der Waals surface area contributed by atoms with Crippen molar-refractivity contribution in [2.75, 3.05) is 26.2 Å². The van der Waals surface area contributed by atoms with E-state index in [0.717, 1.165) is 37.4 Å². The molecule has 2 aliphatic heterocycles. The van der Waals surface area contributed by atoms with Gasteiger partial charge in [0, 0.05) is 31.6 Å². The first-order valence-electron chi connectivity index (χ1n) is 10.4. The van der Waals surface area contributed by atoms with Crippen molar-refractivity contribution in [2.45, 2.75) is 37.5 Å². The number of guanidine groups is 1. The van der Waals surface area contributed by atoms with E-state index < -0.39 is 5.60 Å². The van der Waals surface area contributed by atoms with Crippen LogP contribution in [0.1, 0.15) is 36.4 Å². The lowest BCUT2D eigenvalue weighted by atomic mass is 9.91. The third-order valence-corrected chi connectivity index (χ3v) is 5.86. The number of fused-ring (bicyclic) bond motifs is 1. The molecule has 154 valence electrons. The number of aliphatic imine (C=N–C) groups is 1. The van der Waals surface area contributed by atoms with E-state index in [0.29, 0.717) is 32.0 Å². The average Bonchev–Trinajstić information content (AvgIpc) is 2.75. The molecule has 1 fully saturated rings. The van der Waals surface area contributed by atoms with Crippen molar-refractivity contribution in [3.8, 4) is 5.75 Å². The fourth-order valence-corrected chi connectivity index (χ4v) is 4.08. The maximum absolute atomic E-state index is 10.9. The van der Waals surface area contributed by atoms with Crippen molar-refractivity contribution < 1.29 is 9.84 Å². The molecule has 6 nitrogen and oxygen atoms in total. The number of hydrogen-bond acceptors (Lipinski definition) is 4. The zero-order valence-electron chi connectivity index (χ0n) is 16.8. The Labute approximate surface area is 172 Å². The van der Waals surface area contributed by atoms with Crippen LogP contribution in [-0.4, -0.2) is 47.8 Å². The van der Waals surface area contributed by atoms with E-state index in [4.69, 9.17) is 10.5 Å². The van der Waals surface area contributed by atoms with Crippen molar-refractivity contribution in [3.63, 3.8) is 0 Å². The van der Waals surface area contributed by atoms with Crippen LogP contribution in [0.15, 0.2) is 59.6 Å². The molecule has 4 rings (SSSR count). The first-order valence-corrected chi connectivity index (χ1v) is 10.4. The minimum absolute atomic E-state index is 0.0889. The third kappa shape index (κ3) is 5.08. The summed E-state index contributed by atoms with van der Waals surface area (Å²) >= 11 is 0. The Morgan fingerprint density at radius 3 is 2.66 bits per heavy atom. The van der Waals surface area contributed by atoms with Gasteiger partial charge in [0.2, 0.25) is 0 Å². The minimum atomic E-state index is -0.785. The van der Waals surface area contributed by atoms with Crippen LogP contribution in [0.4, 0.5) is 0 Å². The number of nitrogens with one attached hydrogen (secondary N) is 1. The highest BCUT2D eigenvalue weighted by Crippen LogP contribution is 2.31. The monoisotopic (exact) mass is 394 g/mol. The number of para-hydroxylation sites is 1. The molecule has 2 heterocycles. The quantitative estimate of drug-likeness (QED) is 0.536. The van der Waals surface area contributed by atoms with Gasteiger partial charge in [-0.3, -0.25) is 9.89 Å². The van der Waals surface area contributed by atoms with E-state index in [1.54, 1.807) is 0 Å². The summed E-state index contributed by atoms with van der Waals surface area (Å²) in [6.07, 6.45) is 2.25. The number of hydrogen-bond donors (Lipinski definition) is 3. The Kier molecular flexibility index (Phi) is 6.02. The molecule has 1 saturated heterocycles. The molecule has 0 aliphatic carbocycles. The van der Waals surface area contributed by atoms with Crippen LogP contribution in [0.5, 0.6) is 5.75 Å². The lowest BCUT2D eigenvalue weighted by Crippen LogP contribution is -2.47. The molecular formula is C23H30N4O2. The minimum Gasteiger partial charge on any atom is -0.493 e. The van der Waals surface area contributed by atoms with Gasteiger partial charge in [0.1, 0.15) is 5.75 Å². The molecule has 1 unspecified atom stereocenters. The highest BCUT2D eigenvalue weighted by molar-refractivity contribution is 5.78. The van der Waals surface area contributed by atoms with Gasteiger partial charge >= 0.3 is 0 Å². The summed E-state index contributed by atoms with van der Waals surface area (Å²) in [5, 5.41) is 14.2. The van der Waals surface area contributed by atoms with Crippen LogP contribution < -0.4 is 15.8 Å².